The topological polar surface area (TPSA) is 75.3 Å². The molecule has 8 heteroatoms. The molecule has 0 spiro atoms. The molecule has 4 rings (SSSR count). The maximum absolute atomic E-state index is 13.7. The van der Waals surface area contributed by atoms with Gasteiger partial charge < -0.3 is 29.7 Å². The summed E-state index contributed by atoms with van der Waals surface area (Å²) in [5.74, 6) is 1.59. The molecule has 2 fully saturated rings. The molecule has 2 heterocycles. The van der Waals surface area contributed by atoms with Gasteiger partial charge in [0.15, 0.2) is 11.5 Å². The summed E-state index contributed by atoms with van der Waals surface area (Å²) in [7, 11) is 3.29. The molecule has 0 saturated carbocycles. The van der Waals surface area contributed by atoms with Gasteiger partial charge in [0.05, 0.1) is 13.7 Å². The number of amides is 1. The van der Waals surface area contributed by atoms with Crippen molar-refractivity contribution in [3.63, 3.8) is 0 Å². The van der Waals surface area contributed by atoms with Gasteiger partial charge >= 0.3 is 0 Å². The van der Waals surface area contributed by atoms with Crippen LogP contribution in [0.1, 0.15) is 42.6 Å². The molecular formula is C31H46N4O4. The number of hydrogen-bond donors (Lipinski definition) is 2. The van der Waals surface area contributed by atoms with Gasteiger partial charge in [-0.25, -0.2) is 0 Å². The Kier molecular flexibility index (Phi) is 11.0. The molecule has 2 aromatic rings. The van der Waals surface area contributed by atoms with Gasteiger partial charge in [0, 0.05) is 89.0 Å². The summed E-state index contributed by atoms with van der Waals surface area (Å²) in [4.78, 5) is 18.3. The Balaban J connectivity index is 1.36. The quantitative estimate of drug-likeness (QED) is 0.357. The number of methoxy groups -OCH3 is 2. The smallest absolute Gasteiger partial charge is 0.254 e. The molecule has 214 valence electrons. The number of rotatable bonds is 14. The summed E-state index contributed by atoms with van der Waals surface area (Å²) in [6.07, 6.45) is 1.92. The van der Waals surface area contributed by atoms with E-state index in [4.69, 9.17) is 14.2 Å². The zero-order valence-corrected chi connectivity index (χ0v) is 24.0. The zero-order chi connectivity index (χ0) is 27.6. The van der Waals surface area contributed by atoms with E-state index in [0.29, 0.717) is 54.8 Å². The van der Waals surface area contributed by atoms with Crippen LogP contribution in [0.2, 0.25) is 0 Å². The Labute approximate surface area is 234 Å². The van der Waals surface area contributed by atoms with Crippen molar-refractivity contribution in [2.75, 3.05) is 60.2 Å². The molecule has 39 heavy (non-hydrogen) atoms. The van der Waals surface area contributed by atoms with E-state index in [9.17, 15) is 4.79 Å². The predicted molar refractivity (Wildman–Crippen MR) is 155 cm³/mol. The lowest BCUT2D eigenvalue weighted by Gasteiger charge is -2.33. The molecule has 2 N–H and O–H groups in total. The van der Waals surface area contributed by atoms with Crippen molar-refractivity contribution in [3.8, 4) is 11.5 Å². The van der Waals surface area contributed by atoms with E-state index in [0.717, 1.165) is 45.6 Å². The molecule has 0 radical (unpaired) electrons. The molecule has 0 aromatic heterocycles. The highest BCUT2D eigenvalue weighted by Gasteiger charge is 2.34. The summed E-state index contributed by atoms with van der Waals surface area (Å²) in [6.45, 7) is 11.0. The summed E-state index contributed by atoms with van der Waals surface area (Å²) in [5.41, 5.74) is 1.99. The largest absolute Gasteiger partial charge is 0.493 e. The Morgan fingerprint density at radius 1 is 1.10 bits per heavy atom. The van der Waals surface area contributed by atoms with E-state index in [1.807, 2.05) is 23.1 Å². The number of ether oxygens (including phenoxy) is 3. The van der Waals surface area contributed by atoms with Gasteiger partial charge in [0.25, 0.3) is 5.91 Å². The standard InChI is InChI=1S/C31H46N4O4/c1-23(2)35(31(36)25-11-12-29(38-4)30(17-25)39-16-8-15-37-3)21-26-18-32-19-28(26)33-27-13-14-34(22-27)20-24-9-6-5-7-10-24/h5-7,9-12,17,23,26-28,32-33H,8,13-16,18-22H2,1-4H3/t26-,27?,28?/m0/s1. The fourth-order valence-corrected chi connectivity index (χ4v) is 5.63. The maximum Gasteiger partial charge on any atom is 0.254 e. The van der Waals surface area contributed by atoms with Crippen LogP contribution in [0.4, 0.5) is 0 Å². The van der Waals surface area contributed by atoms with Crippen LogP contribution < -0.4 is 20.1 Å². The van der Waals surface area contributed by atoms with E-state index in [1.54, 1.807) is 14.2 Å². The van der Waals surface area contributed by atoms with Crippen LogP contribution in [-0.2, 0) is 11.3 Å². The van der Waals surface area contributed by atoms with Gasteiger partial charge in [0.1, 0.15) is 0 Å². The highest BCUT2D eigenvalue weighted by atomic mass is 16.5. The van der Waals surface area contributed by atoms with Gasteiger partial charge in [-0.05, 0) is 44.0 Å². The predicted octanol–water partition coefficient (Wildman–Crippen LogP) is 3.41. The van der Waals surface area contributed by atoms with Crippen LogP contribution in [0.15, 0.2) is 48.5 Å². The highest BCUT2D eigenvalue weighted by Crippen LogP contribution is 2.29. The van der Waals surface area contributed by atoms with Crippen LogP contribution in [0.25, 0.3) is 0 Å². The molecule has 8 nitrogen and oxygen atoms in total. The minimum absolute atomic E-state index is 0.0231. The van der Waals surface area contributed by atoms with Crippen molar-refractivity contribution in [1.82, 2.24) is 20.4 Å². The Morgan fingerprint density at radius 3 is 2.67 bits per heavy atom. The molecular weight excluding hydrogens is 492 g/mol. The van der Waals surface area contributed by atoms with Crippen LogP contribution >= 0.6 is 0 Å². The second-order valence-corrected chi connectivity index (χ2v) is 11.0. The average Bonchev–Trinajstić information content (AvgIpc) is 3.58. The van der Waals surface area contributed by atoms with Crippen LogP contribution in [-0.4, -0.2) is 94.0 Å². The SMILES string of the molecule is COCCCOc1cc(C(=O)N(C[C@@H]2CNCC2NC2CCN(Cc3ccccc3)C2)C(C)C)ccc1OC. The molecule has 2 unspecified atom stereocenters. The first-order valence-corrected chi connectivity index (χ1v) is 14.3. The average molecular weight is 539 g/mol. The second-order valence-electron chi connectivity index (χ2n) is 11.0. The second kappa shape index (κ2) is 14.7. The third-order valence-corrected chi connectivity index (χ3v) is 7.79. The Hall–Kier alpha value is -2.65. The number of nitrogens with zero attached hydrogens (tertiary/aromatic N) is 2. The lowest BCUT2D eigenvalue weighted by Crippen LogP contribution is -2.49. The van der Waals surface area contributed by atoms with Crippen molar-refractivity contribution in [1.29, 1.82) is 0 Å². The maximum atomic E-state index is 13.7. The number of hydrogen-bond acceptors (Lipinski definition) is 7. The van der Waals surface area contributed by atoms with Crippen molar-refractivity contribution in [2.45, 2.75) is 51.4 Å². The normalized spacial score (nSPS) is 21.4. The molecule has 3 atom stereocenters. The van der Waals surface area contributed by atoms with Gasteiger partial charge in [-0.3, -0.25) is 9.69 Å². The number of carbonyl (C=O) groups is 1. The number of carbonyl (C=O) groups excluding carboxylic acids is 1. The summed E-state index contributed by atoms with van der Waals surface area (Å²) < 4.78 is 16.5. The van der Waals surface area contributed by atoms with Crippen LogP contribution in [0.3, 0.4) is 0 Å². The first-order chi connectivity index (χ1) is 19.0. The van der Waals surface area contributed by atoms with Gasteiger partial charge in [-0.2, -0.15) is 0 Å². The van der Waals surface area contributed by atoms with Crippen molar-refractivity contribution in [2.24, 2.45) is 5.92 Å². The van der Waals surface area contributed by atoms with Crippen LogP contribution in [0.5, 0.6) is 11.5 Å². The summed E-state index contributed by atoms with van der Waals surface area (Å²) in [5, 5.41) is 7.50. The monoisotopic (exact) mass is 538 g/mol. The molecule has 2 aromatic carbocycles. The molecule has 2 aliphatic heterocycles. The van der Waals surface area contributed by atoms with Gasteiger partial charge in [-0.15, -0.1) is 0 Å². The Bertz CT molecular complexity index is 1030. The van der Waals surface area contributed by atoms with E-state index in [1.165, 1.54) is 5.56 Å². The molecule has 0 bridgehead atoms. The van der Waals surface area contributed by atoms with Crippen molar-refractivity contribution in [3.05, 3.63) is 59.7 Å². The number of benzene rings is 2. The van der Waals surface area contributed by atoms with E-state index >= 15 is 0 Å². The third kappa shape index (κ3) is 8.18. The zero-order valence-electron chi connectivity index (χ0n) is 24.0. The first-order valence-electron chi connectivity index (χ1n) is 14.3. The molecule has 0 aliphatic carbocycles. The van der Waals surface area contributed by atoms with Gasteiger partial charge in [-0.1, -0.05) is 30.3 Å². The van der Waals surface area contributed by atoms with E-state index in [-0.39, 0.29) is 11.9 Å². The molecule has 2 aliphatic rings. The van der Waals surface area contributed by atoms with E-state index < -0.39 is 0 Å². The van der Waals surface area contributed by atoms with Crippen molar-refractivity contribution < 1.29 is 19.0 Å². The minimum atomic E-state index is 0.0231. The highest BCUT2D eigenvalue weighted by molar-refractivity contribution is 5.95. The lowest BCUT2D eigenvalue weighted by molar-refractivity contribution is 0.0666. The molecule has 2 saturated heterocycles. The lowest BCUT2D eigenvalue weighted by atomic mass is 10.00. The first kappa shape index (κ1) is 29.3. The fourth-order valence-electron chi connectivity index (χ4n) is 5.63. The summed E-state index contributed by atoms with van der Waals surface area (Å²) >= 11 is 0. The van der Waals surface area contributed by atoms with Gasteiger partial charge in [0.2, 0.25) is 0 Å². The van der Waals surface area contributed by atoms with Crippen LogP contribution in [0, 0.1) is 5.92 Å². The molecule has 1 amide bonds. The summed E-state index contributed by atoms with van der Waals surface area (Å²) in [6, 6.07) is 17.1. The minimum Gasteiger partial charge on any atom is -0.493 e. The number of likely N-dealkylation sites (tertiary alicyclic amines) is 1. The Morgan fingerprint density at radius 2 is 1.92 bits per heavy atom. The number of nitrogens with one attached hydrogen (secondary N) is 2. The third-order valence-electron chi connectivity index (χ3n) is 7.79. The van der Waals surface area contributed by atoms with E-state index in [2.05, 4.69) is 59.7 Å². The fraction of sp³-hybridized carbons (Fsp3) is 0.581. The van der Waals surface area contributed by atoms with Crippen molar-refractivity contribution >= 4 is 5.91 Å².